The molecule has 0 aromatic heterocycles. The molecular formula is C22H22N2O2. The minimum absolute atomic E-state index is 0.230. The molecule has 4 nitrogen and oxygen atoms in total. The first-order chi connectivity index (χ1) is 12.8. The molecule has 0 unspecified atom stereocenters. The average molecular weight is 346 g/mol. The zero-order chi connectivity index (χ0) is 18.2. The smallest absolute Gasteiger partial charge is 0.271 e. The first kappa shape index (κ1) is 17.7. The second-order valence-corrected chi connectivity index (χ2v) is 6.03. The van der Waals surface area contributed by atoms with E-state index >= 15 is 0 Å². The highest BCUT2D eigenvalue weighted by Gasteiger charge is 2.04. The zero-order valence-electron chi connectivity index (χ0n) is 14.8. The van der Waals surface area contributed by atoms with Crippen molar-refractivity contribution in [1.29, 1.82) is 0 Å². The number of benzene rings is 3. The van der Waals surface area contributed by atoms with E-state index in [1.807, 2.05) is 60.7 Å². The van der Waals surface area contributed by atoms with Crippen molar-refractivity contribution in [2.75, 3.05) is 6.61 Å². The molecule has 0 aliphatic rings. The highest BCUT2D eigenvalue weighted by Crippen LogP contribution is 2.15. The summed E-state index contributed by atoms with van der Waals surface area (Å²) in [4.78, 5) is 12.2. The summed E-state index contributed by atoms with van der Waals surface area (Å²) in [7, 11) is 0. The van der Waals surface area contributed by atoms with Crippen LogP contribution in [0.4, 0.5) is 0 Å². The molecule has 0 radical (unpaired) electrons. The molecule has 0 aliphatic heterocycles. The molecule has 0 spiro atoms. The highest BCUT2D eigenvalue weighted by molar-refractivity contribution is 5.98. The summed E-state index contributed by atoms with van der Waals surface area (Å²) >= 11 is 0. The maximum Gasteiger partial charge on any atom is 0.271 e. The van der Waals surface area contributed by atoms with Gasteiger partial charge in [-0.25, -0.2) is 5.43 Å². The van der Waals surface area contributed by atoms with Gasteiger partial charge in [0.2, 0.25) is 0 Å². The molecule has 0 saturated heterocycles. The Labute approximate surface area is 153 Å². The third-order valence-electron chi connectivity index (χ3n) is 4.04. The number of unbranched alkanes of at least 4 members (excludes halogenated alkanes) is 1. The van der Waals surface area contributed by atoms with E-state index in [2.05, 4.69) is 17.5 Å². The summed E-state index contributed by atoms with van der Waals surface area (Å²) in [5.41, 5.74) is 4.05. The van der Waals surface area contributed by atoms with Crippen molar-refractivity contribution >= 4 is 22.9 Å². The number of hydrogen-bond donors (Lipinski definition) is 1. The molecule has 1 N–H and O–H groups in total. The van der Waals surface area contributed by atoms with Gasteiger partial charge in [-0.15, -0.1) is 0 Å². The monoisotopic (exact) mass is 346 g/mol. The molecule has 26 heavy (non-hydrogen) atoms. The van der Waals surface area contributed by atoms with E-state index in [-0.39, 0.29) is 5.91 Å². The molecule has 4 heteroatoms. The van der Waals surface area contributed by atoms with Crippen LogP contribution >= 0.6 is 0 Å². The van der Waals surface area contributed by atoms with E-state index < -0.39 is 0 Å². The molecule has 0 heterocycles. The SMILES string of the molecule is CCCCOc1ccc(/C=N\NC(=O)c2ccc3ccccc3c2)cc1. The van der Waals surface area contributed by atoms with Crippen LogP contribution < -0.4 is 10.2 Å². The lowest BCUT2D eigenvalue weighted by atomic mass is 10.1. The van der Waals surface area contributed by atoms with Crippen molar-refractivity contribution < 1.29 is 9.53 Å². The van der Waals surface area contributed by atoms with Crippen LogP contribution in [0.3, 0.4) is 0 Å². The lowest BCUT2D eigenvalue weighted by Gasteiger charge is -2.05. The maximum atomic E-state index is 12.2. The van der Waals surface area contributed by atoms with Crippen LogP contribution in [0.5, 0.6) is 5.75 Å². The minimum Gasteiger partial charge on any atom is -0.494 e. The molecule has 0 fully saturated rings. The molecule has 3 rings (SSSR count). The molecule has 3 aromatic carbocycles. The summed E-state index contributed by atoms with van der Waals surface area (Å²) < 4.78 is 5.62. The molecule has 0 atom stereocenters. The quantitative estimate of drug-likeness (QED) is 0.380. The van der Waals surface area contributed by atoms with Gasteiger partial charge in [-0.2, -0.15) is 5.10 Å². The van der Waals surface area contributed by atoms with E-state index in [1.165, 1.54) is 0 Å². The average Bonchev–Trinajstić information content (AvgIpc) is 2.69. The molecule has 3 aromatic rings. The lowest BCUT2D eigenvalue weighted by Crippen LogP contribution is -2.17. The van der Waals surface area contributed by atoms with Gasteiger partial charge in [0.1, 0.15) is 5.75 Å². The zero-order valence-corrected chi connectivity index (χ0v) is 14.8. The Bertz CT molecular complexity index is 901. The van der Waals surface area contributed by atoms with Crippen LogP contribution in [-0.4, -0.2) is 18.7 Å². The third-order valence-corrected chi connectivity index (χ3v) is 4.04. The predicted molar refractivity (Wildman–Crippen MR) is 106 cm³/mol. The Morgan fingerprint density at radius 1 is 1.04 bits per heavy atom. The number of rotatable bonds is 7. The van der Waals surface area contributed by atoms with Crippen LogP contribution in [0.15, 0.2) is 71.8 Å². The van der Waals surface area contributed by atoms with Crippen LogP contribution in [0.25, 0.3) is 10.8 Å². The number of hydrazone groups is 1. The van der Waals surface area contributed by atoms with Crippen LogP contribution in [0.2, 0.25) is 0 Å². The number of carbonyl (C=O) groups excluding carboxylic acids is 1. The van der Waals surface area contributed by atoms with Gasteiger partial charge in [0, 0.05) is 5.56 Å². The van der Waals surface area contributed by atoms with Gasteiger partial charge in [0.05, 0.1) is 12.8 Å². The Morgan fingerprint density at radius 3 is 2.58 bits per heavy atom. The van der Waals surface area contributed by atoms with E-state index in [0.717, 1.165) is 41.5 Å². The second kappa shape index (κ2) is 8.81. The van der Waals surface area contributed by atoms with E-state index in [4.69, 9.17) is 4.74 Å². The predicted octanol–water partition coefficient (Wildman–Crippen LogP) is 4.78. The minimum atomic E-state index is -0.230. The van der Waals surface area contributed by atoms with Gasteiger partial charge in [0.25, 0.3) is 5.91 Å². The largest absolute Gasteiger partial charge is 0.494 e. The van der Waals surface area contributed by atoms with Gasteiger partial charge < -0.3 is 4.74 Å². The van der Waals surface area contributed by atoms with Crippen molar-refractivity contribution in [3.8, 4) is 5.75 Å². The first-order valence-electron chi connectivity index (χ1n) is 8.81. The van der Waals surface area contributed by atoms with Crippen molar-refractivity contribution in [2.45, 2.75) is 19.8 Å². The van der Waals surface area contributed by atoms with Crippen molar-refractivity contribution in [3.63, 3.8) is 0 Å². The van der Waals surface area contributed by atoms with E-state index in [1.54, 1.807) is 12.3 Å². The van der Waals surface area contributed by atoms with Crippen molar-refractivity contribution in [2.24, 2.45) is 5.10 Å². The number of amides is 1. The molecule has 0 aliphatic carbocycles. The Kier molecular flexibility index (Phi) is 5.99. The highest BCUT2D eigenvalue weighted by atomic mass is 16.5. The van der Waals surface area contributed by atoms with Gasteiger partial charge in [-0.1, -0.05) is 43.7 Å². The van der Waals surface area contributed by atoms with Gasteiger partial charge in [0.15, 0.2) is 0 Å². The number of nitrogens with zero attached hydrogens (tertiary/aromatic N) is 1. The summed E-state index contributed by atoms with van der Waals surface area (Å²) in [6.07, 6.45) is 3.78. The fourth-order valence-electron chi connectivity index (χ4n) is 2.55. The number of carbonyl (C=O) groups is 1. The molecule has 1 amide bonds. The summed E-state index contributed by atoms with van der Waals surface area (Å²) in [5, 5.41) is 6.17. The Morgan fingerprint density at radius 2 is 1.81 bits per heavy atom. The fraction of sp³-hybridized carbons (Fsp3) is 0.182. The number of ether oxygens (including phenoxy) is 1. The summed E-state index contributed by atoms with van der Waals surface area (Å²) in [5.74, 6) is 0.613. The van der Waals surface area contributed by atoms with Crippen molar-refractivity contribution in [3.05, 3.63) is 77.9 Å². The van der Waals surface area contributed by atoms with E-state index in [0.29, 0.717) is 5.56 Å². The first-order valence-corrected chi connectivity index (χ1v) is 8.81. The van der Waals surface area contributed by atoms with Crippen LogP contribution in [0, 0.1) is 0 Å². The summed E-state index contributed by atoms with van der Waals surface area (Å²) in [6, 6.07) is 21.2. The van der Waals surface area contributed by atoms with Crippen LogP contribution in [0.1, 0.15) is 35.7 Å². The number of nitrogens with one attached hydrogen (secondary N) is 1. The normalized spacial score (nSPS) is 11.0. The second-order valence-electron chi connectivity index (χ2n) is 6.03. The Hall–Kier alpha value is -3.14. The van der Waals surface area contributed by atoms with Crippen molar-refractivity contribution in [1.82, 2.24) is 5.43 Å². The maximum absolute atomic E-state index is 12.2. The van der Waals surface area contributed by atoms with Gasteiger partial charge in [-0.3, -0.25) is 4.79 Å². The number of hydrogen-bond acceptors (Lipinski definition) is 3. The third kappa shape index (κ3) is 4.70. The topological polar surface area (TPSA) is 50.7 Å². The molecular weight excluding hydrogens is 324 g/mol. The number of fused-ring (bicyclic) bond motifs is 1. The Balaban J connectivity index is 1.57. The fourth-order valence-corrected chi connectivity index (χ4v) is 2.55. The summed E-state index contributed by atoms with van der Waals surface area (Å²) in [6.45, 7) is 2.86. The lowest BCUT2D eigenvalue weighted by molar-refractivity contribution is 0.0955. The molecule has 132 valence electrons. The van der Waals surface area contributed by atoms with E-state index in [9.17, 15) is 4.79 Å². The molecule has 0 bridgehead atoms. The standard InChI is InChI=1S/C22H22N2O2/c1-2-3-14-26-21-12-8-17(9-13-21)16-23-24-22(25)20-11-10-18-6-4-5-7-19(18)15-20/h4-13,15-16H,2-3,14H2,1H3,(H,24,25)/b23-16-. The van der Waals surface area contributed by atoms with Crippen LogP contribution in [-0.2, 0) is 0 Å². The molecule has 0 saturated carbocycles. The van der Waals surface area contributed by atoms with Gasteiger partial charge in [-0.05, 0) is 59.2 Å². The van der Waals surface area contributed by atoms with Gasteiger partial charge >= 0.3 is 0 Å².